The molecule has 0 spiro atoms. The maximum atomic E-state index is 14.5. The third-order valence-corrected chi connectivity index (χ3v) is 5.60. The fourth-order valence-electron chi connectivity index (χ4n) is 3.45. The van der Waals surface area contributed by atoms with Crippen LogP contribution in [0.3, 0.4) is 0 Å². The van der Waals surface area contributed by atoms with Crippen LogP contribution in [0.4, 0.5) is 13.2 Å². The van der Waals surface area contributed by atoms with Crippen molar-refractivity contribution in [3.63, 3.8) is 0 Å². The van der Waals surface area contributed by atoms with E-state index in [2.05, 4.69) is 24.6 Å². The van der Waals surface area contributed by atoms with Gasteiger partial charge in [0.15, 0.2) is 0 Å². The number of ether oxygens (including phenoxy) is 1. The first-order chi connectivity index (χ1) is 15.5. The Kier molecular flexibility index (Phi) is 6.96. The number of nitrogens with one attached hydrogen (secondary N) is 1. The standard InChI is InChI=1S/C16H15FN4S.C7H6F2O/c1-22-16-3-2-10(8-19-16)11-6-14-13(7-12(11)17)20-15-9-18-4-5-21(14)15;8-7(9)10-6-4-2-1-3-5-6/h2-3,6-8,18H,4-5,9H2,1H3;1-5,7H. The largest absolute Gasteiger partial charge is 0.435 e. The number of nitrogens with zero attached hydrogens (tertiary/aromatic N) is 3. The second-order valence-corrected chi connectivity index (χ2v) is 7.78. The average Bonchev–Trinajstić information content (AvgIpc) is 3.16. The maximum absolute atomic E-state index is 14.5. The summed E-state index contributed by atoms with van der Waals surface area (Å²) in [6, 6.07) is 15.2. The summed E-state index contributed by atoms with van der Waals surface area (Å²) in [7, 11) is 0. The van der Waals surface area contributed by atoms with Gasteiger partial charge in [0.2, 0.25) is 0 Å². The third kappa shape index (κ3) is 5.05. The maximum Gasteiger partial charge on any atom is 0.387 e. The first-order valence-electron chi connectivity index (χ1n) is 9.95. The van der Waals surface area contributed by atoms with E-state index in [0.717, 1.165) is 41.6 Å². The summed E-state index contributed by atoms with van der Waals surface area (Å²) in [5.74, 6) is 0.903. The smallest absolute Gasteiger partial charge is 0.387 e. The minimum Gasteiger partial charge on any atom is -0.435 e. The highest BCUT2D eigenvalue weighted by Gasteiger charge is 2.17. The molecule has 0 unspecified atom stereocenters. The Morgan fingerprint density at radius 3 is 2.62 bits per heavy atom. The Bertz CT molecular complexity index is 1180. The third-order valence-electron chi connectivity index (χ3n) is 4.94. The molecule has 1 N–H and O–H groups in total. The molecule has 9 heteroatoms. The lowest BCUT2D eigenvalue weighted by molar-refractivity contribution is -0.0498. The van der Waals surface area contributed by atoms with Crippen molar-refractivity contribution < 1.29 is 17.9 Å². The number of fused-ring (bicyclic) bond motifs is 3. The number of thioether (sulfide) groups is 1. The predicted octanol–water partition coefficient (Wildman–Crippen LogP) is 5.35. The fourth-order valence-corrected chi connectivity index (χ4v) is 3.82. The highest BCUT2D eigenvalue weighted by molar-refractivity contribution is 7.98. The van der Waals surface area contributed by atoms with E-state index < -0.39 is 6.61 Å². The number of pyridine rings is 1. The van der Waals surface area contributed by atoms with Crippen LogP contribution in [0.15, 0.2) is 65.8 Å². The van der Waals surface area contributed by atoms with Gasteiger partial charge in [-0.25, -0.2) is 14.4 Å². The number of hydrogen-bond donors (Lipinski definition) is 1. The molecule has 0 saturated heterocycles. The summed E-state index contributed by atoms with van der Waals surface area (Å²) in [4.78, 5) is 8.85. The van der Waals surface area contributed by atoms with Crippen molar-refractivity contribution in [2.24, 2.45) is 0 Å². The lowest BCUT2D eigenvalue weighted by Gasteiger charge is -2.15. The van der Waals surface area contributed by atoms with E-state index in [-0.39, 0.29) is 11.6 Å². The highest BCUT2D eigenvalue weighted by atomic mass is 32.2. The summed E-state index contributed by atoms with van der Waals surface area (Å²) < 4.78 is 43.7. The Labute approximate surface area is 187 Å². The van der Waals surface area contributed by atoms with Gasteiger partial charge >= 0.3 is 6.61 Å². The molecule has 5 rings (SSSR count). The van der Waals surface area contributed by atoms with Crippen molar-refractivity contribution in [3.05, 3.63) is 72.4 Å². The van der Waals surface area contributed by atoms with Crippen molar-refractivity contribution >= 4 is 22.8 Å². The van der Waals surface area contributed by atoms with Crippen LogP contribution < -0.4 is 10.1 Å². The first kappa shape index (κ1) is 22.2. The van der Waals surface area contributed by atoms with Crippen molar-refractivity contribution in [1.29, 1.82) is 0 Å². The molecule has 166 valence electrons. The van der Waals surface area contributed by atoms with Gasteiger partial charge in [-0.2, -0.15) is 8.78 Å². The second-order valence-electron chi connectivity index (χ2n) is 6.96. The van der Waals surface area contributed by atoms with Crippen molar-refractivity contribution in [2.45, 2.75) is 24.7 Å². The molecule has 0 fully saturated rings. The second kappa shape index (κ2) is 10.1. The van der Waals surface area contributed by atoms with E-state index in [0.29, 0.717) is 11.1 Å². The van der Waals surface area contributed by atoms with Crippen LogP contribution in [0.5, 0.6) is 5.75 Å². The summed E-state index contributed by atoms with van der Waals surface area (Å²) >= 11 is 1.57. The van der Waals surface area contributed by atoms with Gasteiger partial charge in [-0.3, -0.25) is 0 Å². The fraction of sp³-hybridized carbons (Fsp3) is 0.217. The molecule has 32 heavy (non-hydrogen) atoms. The summed E-state index contributed by atoms with van der Waals surface area (Å²) in [5.41, 5.74) is 3.08. The lowest BCUT2D eigenvalue weighted by atomic mass is 10.1. The number of imidazole rings is 1. The number of hydrogen-bond acceptors (Lipinski definition) is 5. The lowest BCUT2D eigenvalue weighted by Crippen LogP contribution is -2.28. The van der Waals surface area contributed by atoms with Gasteiger partial charge in [0.25, 0.3) is 0 Å². The van der Waals surface area contributed by atoms with Crippen LogP contribution in [0.1, 0.15) is 5.82 Å². The molecule has 0 amide bonds. The molecule has 1 aliphatic rings. The number of aromatic nitrogens is 3. The Morgan fingerprint density at radius 2 is 1.94 bits per heavy atom. The van der Waals surface area contributed by atoms with Crippen LogP contribution in [-0.2, 0) is 13.1 Å². The van der Waals surface area contributed by atoms with Gasteiger partial charge < -0.3 is 14.6 Å². The van der Waals surface area contributed by atoms with Gasteiger partial charge in [-0.1, -0.05) is 24.3 Å². The van der Waals surface area contributed by atoms with E-state index in [1.165, 1.54) is 18.2 Å². The van der Waals surface area contributed by atoms with Crippen LogP contribution in [0.25, 0.3) is 22.2 Å². The summed E-state index contributed by atoms with van der Waals surface area (Å²) in [6.07, 6.45) is 3.70. The van der Waals surface area contributed by atoms with Crippen LogP contribution >= 0.6 is 11.8 Å². The number of alkyl halides is 2. The van der Waals surface area contributed by atoms with E-state index >= 15 is 0 Å². The Hall–Kier alpha value is -3.04. The molecule has 0 atom stereocenters. The van der Waals surface area contributed by atoms with Gasteiger partial charge in [-0.15, -0.1) is 11.8 Å². The molecule has 0 bridgehead atoms. The Balaban J connectivity index is 0.000000207. The van der Waals surface area contributed by atoms with Crippen molar-refractivity contribution in [1.82, 2.24) is 19.9 Å². The number of halogens is 3. The minimum absolute atomic E-state index is 0.192. The zero-order valence-corrected chi connectivity index (χ0v) is 18.1. The monoisotopic (exact) mass is 458 g/mol. The molecule has 5 nitrogen and oxygen atoms in total. The molecule has 2 aromatic carbocycles. The Morgan fingerprint density at radius 1 is 1.12 bits per heavy atom. The van der Waals surface area contributed by atoms with Crippen LogP contribution in [-0.4, -0.2) is 33.9 Å². The molecular formula is C23H21F3N4OS. The summed E-state index contributed by atoms with van der Waals surface area (Å²) in [6.45, 7) is -0.229. The van der Waals surface area contributed by atoms with E-state index in [1.54, 1.807) is 36.2 Å². The van der Waals surface area contributed by atoms with Gasteiger partial charge in [0.05, 0.1) is 22.6 Å². The molecular weight excluding hydrogens is 437 g/mol. The zero-order valence-electron chi connectivity index (χ0n) is 17.3. The molecule has 0 saturated carbocycles. The molecule has 4 aromatic rings. The molecule has 0 aliphatic carbocycles. The van der Waals surface area contributed by atoms with E-state index in [9.17, 15) is 13.2 Å². The van der Waals surface area contributed by atoms with Crippen LogP contribution in [0, 0.1) is 5.82 Å². The quantitative estimate of drug-likeness (QED) is 0.418. The predicted molar refractivity (Wildman–Crippen MR) is 119 cm³/mol. The molecule has 1 aliphatic heterocycles. The van der Waals surface area contributed by atoms with Crippen molar-refractivity contribution in [3.8, 4) is 16.9 Å². The minimum atomic E-state index is -2.73. The summed E-state index contributed by atoms with van der Waals surface area (Å²) in [5, 5.41) is 4.21. The van der Waals surface area contributed by atoms with Gasteiger partial charge in [0.1, 0.15) is 17.4 Å². The normalized spacial score (nSPS) is 12.9. The number of rotatable bonds is 4. The topological polar surface area (TPSA) is 52.0 Å². The molecule has 2 aromatic heterocycles. The van der Waals surface area contributed by atoms with Crippen molar-refractivity contribution in [2.75, 3.05) is 12.8 Å². The SMILES string of the molecule is CSc1ccc(-c2cc3c(cc2F)nc2n3CCNC2)cn1.FC(F)Oc1ccccc1. The van der Waals surface area contributed by atoms with E-state index in [1.807, 2.05) is 24.5 Å². The molecule has 0 radical (unpaired) electrons. The molecule has 3 heterocycles. The highest BCUT2D eigenvalue weighted by Crippen LogP contribution is 2.29. The zero-order chi connectivity index (χ0) is 22.5. The van der Waals surface area contributed by atoms with E-state index in [4.69, 9.17) is 0 Å². The number of benzene rings is 2. The van der Waals surface area contributed by atoms with Crippen LogP contribution in [0.2, 0.25) is 0 Å². The number of para-hydroxylation sites is 1. The average molecular weight is 459 g/mol. The first-order valence-corrected chi connectivity index (χ1v) is 11.2. The van der Waals surface area contributed by atoms with Gasteiger partial charge in [0, 0.05) is 36.5 Å². The van der Waals surface area contributed by atoms with Gasteiger partial charge in [-0.05, 0) is 30.5 Å².